The van der Waals surface area contributed by atoms with Gasteiger partial charge in [-0.15, -0.1) is 0 Å². The summed E-state index contributed by atoms with van der Waals surface area (Å²) in [7, 11) is 0. The van der Waals surface area contributed by atoms with Gasteiger partial charge in [-0.2, -0.15) is 0 Å². The van der Waals surface area contributed by atoms with Crippen molar-refractivity contribution in [1.29, 1.82) is 0 Å². The minimum atomic E-state index is -0.274. The van der Waals surface area contributed by atoms with Gasteiger partial charge < -0.3 is 9.64 Å². The number of rotatable bonds is 6. The maximum atomic E-state index is 13.1. The fraction of sp³-hybridized carbons (Fsp3) is 0.333. The molecule has 1 aliphatic carbocycles. The molecule has 1 saturated carbocycles. The molecule has 0 spiro atoms. The summed E-state index contributed by atoms with van der Waals surface area (Å²) < 4.78 is 18.5. The molecule has 1 fully saturated rings. The van der Waals surface area contributed by atoms with Gasteiger partial charge in [-0.05, 0) is 49.6 Å². The number of benzene rings is 1. The first-order valence-electron chi connectivity index (χ1n) is 7.82. The Kier molecular flexibility index (Phi) is 4.55. The van der Waals surface area contributed by atoms with Crippen LogP contribution in [0, 0.1) is 5.82 Å². The van der Waals surface area contributed by atoms with E-state index in [9.17, 15) is 9.18 Å². The van der Waals surface area contributed by atoms with E-state index in [1.165, 1.54) is 12.1 Å². The molecule has 1 heterocycles. The van der Waals surface area contributed by atoms with E-state index in [0.717, 1.165) is 18.4 Å². The van der Waals surface area contributed by atoms with Crippen LogP contribution in [0.15, 0.2) is 42.6 Å². The Morgan fingerprint density at radius 1 is 1.30 bits per heavy atom. The van der Waals surface area contributed by atoms with E-state index in [4.69, 9.17) is 4.74 Å². The molecule has 2 aromatic rings. The van der Waals surface area contributed by atoms with Crippen LogP contribution < -0.4 is 4.74 Å². The highest BCUT2D eigenvalue weighted by molar-refractivity contribution is 5.96. The molecule has 3 rings (SSSR count). The monoisotopic (exact) mass is 314 g/mol. The van der Waals surface area contributed by atoms with Crippen molar-refractivity contribution in [3.63, 3.8) is 0 Å². The van der Waals surface area contributed by atoms with Crippen LogP contribution in [0.4, 0.5) is 4.39 Å². The lowest BCUT2D eigenvalue weighted by atomic mass is 10.1. The highest BCUT2D eigenvalue weighted by Crippen LogP contribution is 2.31. The number of halogens is 1. The molecule has 23 heavy (non-hydrogen) atoms. The van der Waals surface area contributed by atoms with Crippen molar-refractivity contribution in [2.75, 3.05) is 6.61 Å². The zero-order valence-electron chi connectivity index (χ0n) is 13.0. The third-order valence-electron chi connectivity index (χ3n) is 3.80. The summed E-state index contributed by atoms with van der Waals surface area (Å²) in [5, 5.41) is 0. The van der Waals surface area contributed by atoms with Crippen molar-refractivity contribution in [1.82, 2.24) is 9.88 Å². The molecular weight excluding hydrogens is 295 g/mol. The van der Waals surface area contributed by atoms with Gasteiger partial charge in [-0.3, -0.25) is 4.79 Å². The fourth-order valence-electron chi connectivity index (χ4n) is 2.50. The van der Waals surface area contributed by atoms with Crippen molar-refractivity contribution in [2.24, 2.45) is 0 Å². The molecular formula is C18H19FN2O2. The second-order valence-electron chi connectivity index (χ2n) is 5.58. The SMILES string of the molecule is CCOc1ncccc1C(=O)N(Cc1ccc(F)cc1)C1CC1. The van der Waals surface area contributed by atoms with E-state index in [0.29, 0.717) is 24.6 Å². The van der Waals surface area contributed by atoms with Gasteiger partial charge in [0.25, 0.3) is 5.91 Å². The second-order valence-corrected chi connectivity index (χ2v) is 5.58. The van der Waals surface area contributed by atoms with Crippen LogP contribution in [-0.2, 0) is 6.54 Å². The first-order chi connectivity index (χ1) is 11.2. The lowest BCUT2D eigenvalue weighted by Crippen LogP contribution is -2.33. The molecule has 1 amide bonds. The average molecular weight is 314 g/mol. The van der Waals surface area contributed by atoms with Gasteiger partial charge in [-0.25, -0.2) is 9.37 Å². The highest BCUT2D eigenvalue weighted by atomic mass is 19.1. The van der Waals surface area contributed by atoms with Gasteiger partial charge in [0.05, 0.1) is 6.61 Å². The number of pyridine rings is 1. The second kappa shape index (κ2) is 6.77. The minimum absolute atomic E-state index is 0.0895. The van der Waals surface area contributed by atoms with E-state index in [-0.39, 0.29) is 17.8 Å². The van der Waals surface area contributed by atoms with Gasteiger partial charge >= 0.3 is 0 Å². The first-order valence-corrected chi connectivity index (χ1v) is 7.82. The number of hydrogen-bond donors (Lipinski definition) is 0. The molecule has 1 aliphatic rings. The molecule has 0 radical (unpaired) electrons. The lowest BCUT2D eigenvalue weighted by molar-refractivity contribution is 0.0724. The molecule has 4 nitrogen and oxygen atoms in total. The largest absolute Gasteiger partial charge is 0.477 e. The summed E-state index contributed by atoms with van der Waals surface area (Å²) >= 11 is 0. The van der Waals surface area contributed by atoms with E-state index < -0.39 is 0 Å². The van der Waals surface area contributed by atoms with Crippen LogP contribution in [0.25, 0.3) is 0 Å². The van der Waals surface area contributed by atoms with Crippen LogP contribution in [0.1, 0.15) is 35.7 Å². The molecule has 0 unspecified atom stereocenters. The maximum absolute atomic E-state index is 13.1. The Balaban J connectivity index is 1.83. The molecule has 0 atom stereocenters. The quantitative estimate of drug-likeness (QED) is 0.820. The summed E-state index contributed by atoms with van der Waals surface area (Å²) in [6.07, 6.45) is 3.61. The third kappa shape index (κ3) is 3.67. The predicted octanol–water partition coefficient (Wildman–Crippen LogP) is 3.42. The number of nitrogens with zero attached hydrogens (tertiary/aromatic N) is 2. The van der Waals surface area contributed by atoms with E-state index in [1.54, 1.807) is 30.5 Å². The topological polar surface area (TPSA) is 42.4 Å². The molecule has 0 N–H and O–H groups in total. The van der Waals surface area contributed by atoms with Gasteiger partial charge in [0.15, 0.2) is 0 Å². The zero-order chi connectivity index (χ0) is 16.2. The summed E-state index contributed by atoms with van der Waals surface area (Å²) in [4.78, 5) is 18.9. The van der Waals surface area contributed by atoms with Crippen molar-refractivity contribution in [2.45, 2.75) is 32.4 Å². The number of ether oxygens (including phenoxy) is 1. The van der Waals surface area contributed by atoms with Gasteiger partial charge in [0.2, 0.25) is 5.88 Å². The van der Waals surface area contributed by atoms with Crippen molar-refractivity contribution in [3.8, 4) is 5.88 Å². The van der Waals surface area contributed by atoms with Crippen molar-refractivity contribution in [3.05, 3.63) is 59.5 Å². The van der Waals surface area contributed by atoms with Crippen LogP contribution in [-0.4, -0.2) is 28.4 Å². The molecule has 0 saturated heterocycles. The number of carbonyl (C=O) groups is 1. The Morgan fingerprint density at radius 3 is 2.70 bits per heavy atom. The standard InChI is InChI=1S/C18H19FN2O2/c1-2-23-17-16(4-3-11-20-17)18(22)21(15-9-10-15)12-13-5-7-14(19)8-6-13/h3-8,11,15H,2,9-10,12H2,1H3. The maximum Gasteiger partial charge on any atom is 0.259 e. The number of hydrogen-bond acceptors (Lipinski definition) is 3. The third-order valence-corrected chi connectivity index (χ3v) is 3.80. The molecule has 120 valence electrons. The Bertz CT molecular complexity index is 684. The number of carbonyl (C=O) groups excluding carboxylic acids is 1. The molecule has 5 heteroatoms. The Labute approximate surface area is 134 Å². The lowest BCUT2D eigenvalue weighted by Gasteiger charge is -2.23. The molecule has 0 aliphatic heterocycles. The Hall–Kier alpha value is -2.43. The van der Waals surface area contributed by atoms with Gasteiger partial charge in [0, 0.05) is 18.8 Å². The normalized spacial score (nSPS) is 13.7. The fourth-order valence-corrected chi connectivity index (χ4v) is 2.50. The Morgan fingerprint density at radius 2 is 2.04 bits per heavy atom. The van der Waals surface area contributed by atoms with Crippen LogP contribution in [0.5, 0.6) is 5.88 Å². The van der Waals surface area contributed by atoms with Crippen LogP contribution >= 0.6 is 0 Å². The predicted molar refractivity (Wildman–Crippen MR) is 84.7 cm³/mol. The highest BCUT2D eigenvalue weighted by Gasteiger charge is 2.34. The van der Waals surface area contributed by atoms with Crippen LogP contribution in [0.3, 0.4) is 0 Å². The first kappa shape index (κ1) is 15.5. The van der Waals surface area contributed by atoms with Gasteiger partial charge in [0.1, 0.15) is 11.4 Å². The summed E-state index contributed by atoms with van der Waals surface area (Å²) in [5.74, 6) is 0.00192. The van der Waals surface area contributed by atoms with Crippen molar-refractivity contribution >= 4 is 5.91 Å². The zero-order valence-corrected chi connectivity index (χ0v) is 13.0. The van der Waals surface area contributed by atoms with Gasteiger partial charge in [-0.1, -0.05) is 12.1 Å². The minimum Gasteiger partial charge on any atom is -0.477 e. The summed E-state index contributed by atoms with van der Waals surface area (Å²) in [6.45, 7) is 2.78. The number of amides is 1. The molecule has 1 aromatic carbocycles. The van der Waals surface area contributed by atoms with E-state index >= 15 is 0 Å². The summed E-state index contributed by atoms with van der Waals surface area (Å²) in [6, 6.07) is 9.97. The number of aromatic nitrogens is 1. The van der Waals surface area contributed by atoms with Crippen molar-refractivity contribution < 1.29 is 13.9 Å². The molecule has 0 bridgehead atoms. The molecule has 1 aromatic heterocycles. The smallest absolute Gasteiger partial charge is 0.259 e. The summed E-state index contributed by atoms with van der Waals surface area (Å²) in [5.41, 5.74) is 1.39. The average Bonchev–Trinajstić information content (AvgIpc) is 3.39. The van der Waals surface area contributed by atoms with Crippen LogP contribution in [0.2, 0.25) is 0 Å². The van der Waals surface area contributed by atoms with E-state index in [2.05, 4.69) is 4.98 Å². The van der Waals surface area contributed by atoms with E-state index in [1.807, 2.05) is 11.8 Å².